The zero-order chi connectivity index (χ0) is 26.8. The van der Waals surface area contributed by atoms with Crippen molar-refractivity contribution >= 4 is 24.8 Å². The quantitative estimate of drug-likeness (QED) is 0.547. The summed E-state index contributed by atoms with van der Waals surface area (Å²) in [6.07, 6.45) is -0.288. The van der Waals surface area contributed by atoms with Crippen LogP contribution >= 0.6 is 0 Å². The molecule has 2 fully saturated rings. The molecular formula is C30H44N2O4Si. The third-order valence-electron chi connectivity index (χ3n) is 7.50. The standard InChI is InChI=1S/C30H44N2O4Si/c1-23-20-31(28(33)35-29(2,3)4)18-19-32(23)26-21-34-22-27(26)36-37(30(5,6)7,24-14-10-8-11-15-24)25-16-12-9-13-17-25/h8-17,23,26-27H,18-22H2,1-7H3/t23-,26+,27-/m0/s1. The van der Waals surface area contributed by atoms with Crippen LogP contribution in [-0.4, -0.2) is 80.8 Å². The summed E-state index contributed by atoms with van der Waals surface area (Å²) in [6, 6.07) is 21.9. The molecule has 2 saturated heterocycles. The van der Waals surface area contributed by atoms with Gasteiger partial charge >= 0.3 is 6.09 Å². The lowest BCUT2D eigenvalue weighted by atomic mass is 10.1. The number of carbonyl (C=O) groups excluding carboxylic acids is 1. The molecule has 3 atom stereocenters. The Bertz CT molecular complexity index is 996. The van der Waals surface area contributed by atoms with Gasteiger partial charge in [0.15, 0.2) is 0 Å². The second-order valence-corrected chi connectivity index (χ2v) is 16.7. The normalized spacial score (nSPS) is 23.8. The molecule has 2 aliphatic heterocycles. The third kappa shape index (κ3) is 5.95. The summed E-state index contributed by atoms with van der Waals surface area (Å²) in [7, 11) is -2.69. The van der Waals surface area contributed by atoms with Crippen LogP contribution in [0.5, 0.6) is 0 Å². The first-order chi connectivity index (χ1) is 17.4. The molecule has 0 aliphatic carbocycles. The smallest absolute Gasteiger partial charge is 0.410 e. The second-order valence-electron chi connectivity index (χ2n) is 12.4. The predicted octanol–water partition coefficient (Wildman–Crippen LogP) is 4.27. The molecule has 2 aromatic rings. The fourth-order valence-electron chi connectivity index (χ4n) is 5.82. The lowest BCUT2D eigenvalue weighted by molar-refractivity contribution is -0.0121. The molecule has 0 N–H and O–H groups in total. The number of ether oxygens (including phenoxy) is 2. The monoisotopic (exact) mass is 524 g/mol. The number of benzene rings is 2. The molecule has 37 heavy (non-hydrogen) atoms. The van der Waals surface area contributed by atoms with Crippen LogP contribution in [-0.2, 0) is 13.9 Å². The van der Waals surface area contributed by atoms with Crippen LogP contribution in [0.15, 0.2) is 60.7 Å². The SMILES string of the molecule is C[C@H]1CN(C(=O)OC(C)(C)C)CCN1[C@@H]1COC[C@@H]1O[Si](c1ccccc1)(c1ccccc1)C(C)(C)C. The molecule has 0 saturated carbocycles. The summed E-state index contributed by atoms with van der Waals surface area (Å²) in [4.78, 5) is 17.0. The van der Waals surface area contributed by atoms with Crippen LogP contribution in [0.4, 0.5) is 4.79 Å². The number of hydrogen-bond donors (Lipinski definition) is 0. The number of amides is 1. The summed E-state index contributed by atoms with van der Waals surface area (Å²) < 4.78 is 19.2. The predicted molar refractivity (Wildman–Crippen MR) is 151 cm³/mol. The van der Waals surface area contributed by atoms with Crippen LogP contribution < -0.4 is 10.4 Å². The molecule has 4 rings (SSSR count). The van der Waals surface area contributed by atoms with Crippen LogP contribution in [0, 0.1) is 0 Å². The minimum absolute atomic E-state index is 0.0539. The summed E-state index contributed by atoms with van der Waals surface area (Å²) in [5.41, 5.74) is -0.495. The first-order valence-corrected chi connectivity index (χ1v) is 15.4. The third-order valence-corrected chi connectivity index (χ3v) is 12.6. The molecule has 2 heterocycles. The summed E-state index contributed by atoms with van der Waals surface area (Å²) >= 11 is 0. The van der Waals surface area contributed by atoms with Crippen molar-refractivity contribution in [3.63, 3.8) is 0 Å². The summed E-state index contributed by atoms with van der Waals surface area (Å²) in [6.45, 7) is 18.1. The van der Waals surface area contributed by atoms with Gasteiger partial charge in [0.05, 0.1) is 25.4 Å². The highest BCUT2D eigenvalue weighted by atomic mass is 28.4. The summed E-state index contributed by atoms with van der Waals surface area (Å²) in [5, 5.41) is 2.47. The van der Waals surface area contributed by atoms with Gasteiger partial charge in [-0.1, -0.05) is 81.4 Å². The van der Waals surface area contributed by atoms with E-state index in [0.29, 0.717) is 26.3 Å². The molecule has 7 heteroatoms. The molecule has 202 valence electrons. The van der Waals surface area contributed by atoms with Crippen molar-refractivity contribution in [3.05, 3.63) is 60.7 Å². The van der Waals surface area contributed by atoms with Gasteiger partial charge in [-0.05, 0) is 43.1 Å². The lowest BCUT2D eigenvalue weighted by Gasteiger charge is -2.48. The van der Waals surface area contributed by atoms with Crippen molar-refractivity contribution in [1.29, 1.82) is 0 Å². The minimum Gasteiger partial charge on any atom is -0.444 e. The number of carbonyl (C=O) groups is 1. The Morgan fingerprint density at radius 2 is 1.46 bits per heavy atom. The molecule has 0 bridgehead atoms. The van der Waals surface area contributed by atoms with Crippen molar-refractivity contribution in [2.45, 2.75) is 77.3 Å². The van der Waals surface area contributed by atoms with E-state index in [1.54, 1.807) is 0 Å². The summed E-state index contributed by atoms with van der Waals surface area (Å²) in [5.74, 6) is 0. The van der Waals surface area contributed by atoms with Crippen molar-refractivity contribution in [3.8, 4) is 0 Å². The van der Waals surface area contributed by atoms with E-state index in [2.05, 4.69) is 93.3 Å². The highest BCUT2D eigenvalue weighted by Crippen LogP contribution is 2.39. The zero-order valence-electron chi connectivity index (χ0n) is 23.6. The second kappa shape index (κ2) is 10.9. The topological polar surface area (TPSA) is 51.2 Å². The fourth-order valence-corrected chi connectivity index (χ4v) is 10.5. The maximum atomic E-state index is 12.7. The number of nitrogens with zero attached hydrogens (tertiary/aromatic N) is 2. The zero-order valence-corrected chi connectivity index (χ0v) is 24.6. The van der Waals surface area contributed by atoms with Gasteiger partial charge in [0.25, 0.3) is 8.32 Å². The highest BCUT2D eigenvalue weighted by molar-refractivity contribution is 6.99. The van der Waals surface area contributed by atoms with Crippen molar-refractivity contribution < 1.29 is 18.7 Å². The van der Waals surface area contributed by atoms with Gasteiger partial charge < -0.3 is 18.8 Å². The number of rotatable bonds is 5. The van der Waals surface area contributed by atoms with Crippen LogP contribution in [0.3, 0.4) is 0 Å². The molecule has 2 aromatic carbocycles. The lowest BCUT2D eigenvalue weighted by Crippen LogP contribution is -2.69. The minimum atomic E-state index is -2.69. The van der Waals surface area contributed by atoms with Gasteiger partial charge in [-0.15, -0.1) is 0 Å². The molecule has 0 unspecified atom stereocenters. The Morgan fingerprint density at radius 3 is 1.95 bits per heavy atom. The van der Waals surface area contributed by atoms with E-state index in [0.717, 1.165) is 6.54 Å². The van der Waals surface area contributed by atoms with Gasteiger partial charge in [-0.25, -0.2) is 4.79 Å². The maximum absolute atomic E-state index is 12.7. The molecule has 6 nitrogen and oxygen atoms in total. The first-order valence-electron chi connectivity index (χ1n) is 13.5. The highest BCUT2D eigenvalue weighted by Gasteiger charge is 2.53. The van der Waals surface area contributed by atoms with Gasteiger partial charge in [0, 0.05) is 25.7 Å². The fraction of sp³-hybridized carbons (Fsp3) is 0.567. The Labute approximate surface area is 224 Å². The van der Waals surface area contributed by atoms with E-state index in [1.807, 2.05) is 25.7 Å². The van der Waals surface area contributed by atoms with Gasteiger partial charge in [-0.2, -0.15) is 0 Å². The van der Waals surface area contributed by atoms with E-state index in [1.165, 1.54) is 10.4 Å². The van der Waals surface area contributed by atoms with Crippen molar-refractivity contribution in [1.82, 2.24) is 9.80 Å². The van der Waals surface area contributed by atoms with Crippen molar-refractivity contribution in [2.75, 3.05) is 32.8 Å². The largest absolute Gasteiger partial charge is 0.444 e. The average molecular weight is 525 g/mol. The van der Waals surface area contributed by atoms with Gasteiger partial charge in [0.2, 0.25) is 0 Å². The van der Waals surface area contributed by atoms with Crippen LogP contribution in [0.2, 0.25) is 5.04 Å². The first kappa shape index (κ1) is 27.8. The molecule has 0 radical (unpaired) electrons. The molecular weight excluding hydrogens is 480 g/mol. The van der Waals surface area contributed by atoms with E-state index < -0.39 is 13.9 Å². The van der Waals surface area contributed by atoms with Crippen LogP contribution in [0.1, 0.15) is 48.5 Å². The molecule has 0 aromatic heterocycles. The van der Waals surface area contributed by atoms with Gasteiger partial charge in [-0.3, -0.25) is 4.90 Å². The maximum Gasteiger partial charge on any atom is 0.410 e. The van der Waals surface area contributed by atoms with E-state index in [-0.39, 0.29) is 29.3 Å². The number of hydrogen-bond acceptors (Lipinski definition) is 5. The molecule has 0 spiro atoms. The Morgan fingerprint density at radius 1 is 0.892 bits per heavy atom. The number of piperazine rings is 1. The van der Waals surface area contributed by atoms with Crippen molar-refractivity contribution in [2.24, 2.45) is 0 Å². The molecule has 1 amide bonds. The Balaban J connectivity index is 1.61. The van der Waals surface area contributed by atoms with E-state index in [4.69, 9.17) is 13.9 Å². The van der Waals surface area contributed by atoms with Gasteiger partial charge in [0.1, 0.15) is 5.60 Å². The average Bonchev–Trinajstić information content (AvgIpc) is 3.29. The Kier molecular flexibility index (Phi) is 8.19. The van der Waals surface area contributed by atoms with E-state index in [9.17, 15) is 4.79 Å². The van der Waals surface area contributed by atoms with E-state index >= 15 is 0 Å². The van der Waals surface area contributed by atoms with Crippen LogP contribution in [0.25, 0.3) is 0 Å². The Hall–Kier alpha value is -2.19. The molecule has 2 aliphatic rings.